The van der Waals surface area contributed by atoms with Gasteiger partial charge in [-0.1, -0.05) is 0 Å². The fourth-order valence-electron chi connectivity index (χ4n) is 7.04. The van der Waals surface area contributed by atoms with Crippen LogP contribution in [-0.4, -0.2) is 45.2 Å². The number of hydrogen-bond donors (Lipinski definition) is 2. The summed E-state index contributed by atoms with van der Waals surface area (Å²) in [5, 5.41) is 6.17. The topological polar surface area (TPSA) is 70.7 Å². The van der Waals surface area contributed by atoms with Crippen LogP contribution in [0.2, 0.25) is 0 Å². The first-order chi connectivity index (χ1) is 15.1. The number of nitrogens with one attached hydrogen (secondary N) is 2. The number of amides is 2. The minimum Gasteiger partial charge on any atom is -0.383 e. The van der Waals surface area contributed by atoms with Crippen LogP contribution < -0.4 is 15.5 Å². The van der Waals surface area contributed by atoms with Gasteiger partial charge in [-0.15, -0.1) is 0 Å². The molecule has 31 heavy (non-hydrogen) atoms. The van der Waals surface area contributed by atoms with Crippen molar-refractivity contribution < 1.29 is 14.3 Å². The molecule has 4 aliphatic carbocycles. The van der Waals surface area contributed by atoms with E-state index in [2.05, 4.69) is 15.5 Å². The number of benzene rings is 1. The van der Waals surface area contributed by atoms with Crippen molar-refractivity contribution in [2.75, 3.05) is 43.6 Å². The summed E-state index contributed by atoms with van der Waals surface area (Å²) in [6.45, 7) is 2.89. The molecule has 5 fully saturated rings. The molecular formula is C25H35N3O3. The number of hydrogen-bond acceptors (Lipinski definition) is 4. The zero-order valence-electron chi connectivity index (χ0n) is 18.6. The van der Waals surface area contributed by atoms with Crippen molar-refractivity contribution in [3.05, 3.63) is 23.8 Å². The Morgan fingerprint density at radius 3 is 2.32 bits per heavy atom. The van der Waals surface area contributed by atoms with E-state index in [9.17, 15) is 9.59 Å². The Morgan fingerprint density at radius 2 is 1.71 bits per heavy atom. The van der Waals surface area contributed by atoms with Gasteiger partial charge in [-0.05, 0) is 87.3 Å². The molecule has 0 unspecified atom stereocenters. The summed E-state index contributed by atoms with van der Waals surface area (Å²) in [6, 6.07) is 5.85. The van der Waals surface area contributed by atoms with Gasteiger partial charge in [0, 0.05) is 38.1 Å². The monoisotopic (exact) mass is 425 g/mol. The Labute approximate surface area is 185 Å². The molecule has 6 rings (SSSR count). The summed E-state index contributed by atoms with van der Waals surface area (Å²) in [5.41, 5.74) is 2.14. The molecule has 1 saturated heterocycles. The van der Waals surface area contributed by atoms with Crippen LogP contribution in [-0.2, 0) is 9.53 Å². The smallest absolute Gasteiger partial charge is 0.253 e. The Kier molecular flexibility index (Phi) is 5.67. The van der Waals surface area contributed by atoms with Gasteiger partial charge in [0.1, 0.15) is 0 Å². The molecule has 1 heterocycles. The van der Waals surface area contributed by atoms with Gasteiger partial charge in [-0.25, -0.2) is 0 Å². The number of ether oxygens (including phenoxy) is 1. The summed E-state index contributed by atoms with van der Waals surface area (Å²) >= 11 is 0. The van der Waals surface area contributed by atoms with Gasteiger partial charge in [-0.2, -0.15) is 0 Å². The van der Waals surface area contributed by atoms with Gasteiger partial charge < -0.3 is 20.3 Å². The Hall–Kier alpha value is -2.08. The minimum absolute atomic E-state index is 0.107. The molecule has 0 radical (unpaired) electrons. The van der Waals surface area contributed by atoms with Gasteiger partial charge in [0.2, 0.25) is 5.91 Å². The highest BCUT2D eigenvalue weighted by Gasteiger charge is 2.54. The Morgan fingerprint density at radius 1 is 1.06 bits per heavy atom. The maximum absolute atomic E-state index is 13.5. The van der Waals surface area contributed by atoms with Crippen LogP contribution in [0.5, 0.6) is 0 Å². The average Bonchev–Trinajstić information content (AvgIpc) is 3.27. The SMILES string of the molecule is COCCNC(=O)c1cc(NC(=O)C23CC4CC(CC(C4)C2)C3)ccc1N1CCCC1. The summed E-state index contributed by atoms with van der Waals surface area (Å²) in [4.78, 5) is 28.7. The molecule has 1 aliphatic heterocycles. The Balaban J connectivity index is 1.36. The maximum Gasteiger partial charge on any atom is 0.253 e. The summed E-state index contributed by atoms with van der Waals surface area (Å²) < 4.78 is 5.07. The standard InChI is InChI=1S/C25H35N3O3/c1-31-9-6-26-23(29)21-13-20(4-5-22(21)28-7-2-3-8-28)27-24(30)25-14-17-10-18(15-25)12-19(11-17)16-25/h4-5,13,17-19H,2-3,6-12,14-16H2,1H3,(H,26,29)(H,27,30). The third kappa shape index (κ3) is 4.07. The van der Waals surface area contributed by atoms with E-state index in [1.54, 1.807) is 7.11 Å². The molecule has 4 saturated carbocycles. The molecule has 0 spiro atoms. The zero-order chi connectivity index (χ0) is 21.4. The van der Waals surface area contributed by atoms with E-state index in [-0.39, 0.29) is 17.2 Å². The second-order valence-corrected chi connectivity index (χ2v) is 10.3. The molecule has 1 aromatic rings. The lowest BCUT2D eigenvalue weighted by Crippen LogP contribution is -2.51. The van der Waals surface area contributed by atoms with Crippen LogP contribution in [0.3, 0.4) is 0 Å². The van der Waals surface area contributed by atoms with Crippen molar-refractivity contribution in [2.24, 2.45) is 23.2 Å². The fourth-order valence-corrected chi connectivity index (χ4v) is 7.04. The molecule has 6 heteroatoms. The second-order valence-electron chi connectivity index (χ2n) is 10.3. The highest BCUT2D eigenvalue weighted by Crippen LogP contribution is 2.60. The van der Waals surface area contributed by atoms with Crippen LogP contribution in [0, 0.1) is 23.2 Å². The number of carbonyl (C=O) groups is 2. The summed E-state index contributed by atoms with van der Waals surface area (Å²) in [7, 11) is 1.63. The molecule has 0 aromatic heterocycles. The van der Waals surface area contributed by atoms with Gasteiger partial charge in [0.15, 0.2) is 0 Å². The summed E-state index contributed by atoms with van der Waals surface area (Å²) in [5.74, 6) is 2.26. The van der Waals surface area contributed by atoms with Crippen LogP contribution >= 0.6 is 0 Å². The number of rotatable bonds is 7. The van der Waals surface area contributed by atoms with E-state index in [0.717, 1.165) is 74.3 Å². The molecular weight excluding hydrogens is 390 g/mol. The van der Waals surface area contributed by atoms with E-state index >= 15 is 0 Å². The molecule has 6 nitrogen and oxygen atoms in total. The first-order valence-electron chi connectivity index (χ1n) is 12.0. The quantitative estimate of drug-likeness (QED) is 0.652. The number of carbonyl (C=O) groups excluding carboxylic acids is 2. The van der Waals surface area contributed by atoms with Crippen LogP contribution in [0.15, 0.2) is 18.2 Å². The third-order valence-electron chi connectivity index (χ3n) is 8.06. The van der Waals surface area contributed by atoms with Gasteiger partial charge in [0.05, 0.1) is 17.6 Å². The molecule has 1 aromatic carbocycles. The largest absolute Gasteiger partial charge is 0.383 e. The second kappa shape index (κ2) is 8.45. The molecule has 0 atom stereocenters. The van der Waals surface area contributed by atoms with Gasteiger partial charge in [0.25, 0.3) is 5.91 Å². The van der Waals surface area contributed by atoms with Crippen LogP contribution in [0.4, 0.5) is 11.4 Å². The van der Waals surface area contributed by atoms with E-state index < -0.39 is 0 Å². The number of anilines is 2. The molecule has 168 valence electrons. The van der Waals surface area contributed by atoms with E-state index in [4.69, 9.17) is 4.74 Å². The van der Waals surface area contributed by atoms with Crippen molar-refractivity contribution in [1.29, 1.82) is 0 Å². The first kappa shape index (κ1) is 20.8. The van der Waals surface area contributed by atoms with Crippen LogP contribution in [0.25, 0.3) is 0 Å². The molecule has 2 N–H and O–H groups in total. The molecule has 4 bridgehead atoms. The first-order valence-corrected chi connectivity index (χ1v) is 12.0. The highest BCUT2D eigenvalue weighted by atomic mass is 16.5. The van der Waals surface area contributed by atoms with E-state index in [0.29, 0.717) is 18.7 Å². The lowest BCUT2D eigenvalue weighted by Gasteiger charge is -2.55. The van der Waals surface area contributed by atoms with E-state index in [1.165, 1.54) is 19.3 Å². The van der Waals surface area contributed by atoms with E-state index in [1.807, 2.05) is 18.2 Å². The van der Waals surface area contributed by atoms with Gasteiger partial charge in [-0.3, -0.25) is 9.59 Å². The fraction of sp³-hybridized carbons (Fsp3) is 0.680. The normalized spacial score (nSPS) is 31.1. The molecule has 5 aliphatic rings. The maximum atomic E-state index is 13.5. The molecule has 2 amide bonds. The lowest BCUT2D eigenvalue weighted by atomic mass is 9.49. The zero-order valence-corrected chi connectivity index (χ0v) is 18.6. The summed E-state index contributed by atoms with van der Waals surface area (Å²) in [6.07, 6.45) is 9.39. The van der Waals surface area contributed by atoms with Crippen molar-refractivity contribution in [3.8, 4) is 0 Å². The predicted octanol–water partition coefficient (Wildman–Crippen LogP) is 3.82. The minimum atomic E-state index is -0.191. The van der Waals surface area contributed by atoms with Crippen molar-refractivity contribution >= 4 is 23.2 Å². The third-order valence-corrected chi connectivity index (χ3v) is 8.06. The van der Waals surface area contributed by atoms with Crippen molar-refractivity contribution in [1.82, 2.24) is 5.32 Å². The highest BCUT2D eigenvalue weighted by molar-refractivity contribution is 6.03. The number of methoxy groups -OCH3 is 1. The number of nitrogens with zero attached hydrogens (tertiary/aromatic N) is 1. The lowest BCUT2D eigenvalue weighted by molar-refractivity contribution is -0.140. The van der Waals surface area contributed by atoms with Crippen LogP contribution in [0.1, 0.15) is 61.7 Å². The average molecular weight is 426 g/mol. The van der Waals surface area contributed by atoms with Crippen molar-refractivity contribution in [2.45, 2.75) is 51.4 Å². The Bertz CT molecular complexity index is 811. The predicted molar refractivity (Wildman–Crippen MR) is 121 cm³/mol. The van der Waals surface area contributed by atoms with Crippen molar-refractivity contribution in [3.63, 3.8) is 0 Å². The van der Waals surface area contributed by atoms with Gasteiger partial charge >= 0.3 is 0 Å².